The summed E-state index contributed by atoms with van der Waals surface area (Å²) in [5.74, 6) is 0. The van der Waals surface area contributed by atoms with Gasteiger partial charge in [-0.1, -0.05) is 0 Å². The van der Waals surface area contributed by atoms with Crippen molar-refractivity contribution in [3.8, 4) is 0 Å². The number of aliphatic hydroxyl groups is 1. The van der Waals surface area contributed by atoms with Gasteiger partial charge in [-0.05, 0) is 45.1 Å². The molecule has 1 unspecified atom stereocenters. The van der Waals surface area contributed by atoms with Crippen molar-refractivity contribution in [2.24, 2.45) is 0 Å². The summed E-state index contributed by atoms with van der Waals surface area (Å²) in [5.41, 5.74) is 0.0681. The highest BCUT2D eigenvalue weighted by atomic mass is 16.5. The van der Waals surface area contributed by atoms with E-state index in [0.29, 0.717) is 12.7 Å². The smallest absolute Gasteiger partial charge is 0.0613 e. The number of rotatable bonds is 5. The maximum Gasteiger partial charge on any atom is 0.0613 e. The topological polar surface area (TPSA) is 41.5 Å². The van der Waals surface area contributed by atoms with Crippen LogP contribution in [0.15, 0.2) is 0 Å². The van der Waals surface area contributed by atoms with Gasteiger partial charge in [0.2, 0.25) is 0 Å². The minimum atomic E-state index is 0.0681. The lowest BCUT2D eigenvalue weighted by atomic mass is 9.77. The summed E-state index contributed by atoms with van der Waals surface area (Å²) in [4.78, 5) is 0. The monoisotopic (exact) mass is 199 g/mol. The molecule has 2 N–H and O–H groups in total. The molecule has 0 bridgehead atoms. The van der Waals surface area contributed by atoms with E-state index in [1.54, 1.807) is 0 Å². The van der Waals surface area contributed by atoms with Gasteiger partial charge in [-0.2, -0.15) is 0 Å². The summed E-state index contributed by atoms with van der Waals surface area (Å²) in [6.07, 6.45) is 7.53. The second-order valence-corrected chi connectivity index (χ2v) is 4.64. The second-order valence-electron chi connectivity index (χ2n) is 4.64. The molecule has 2 aliphatic rings. The SMILES string of the molecule is OCC1(NCCC2CCCO2)CCC1. The van der Waals surface area contributed by atoms with Crippen LogP contribution >= 0.6 is 0 Å². The highest BCUT2D eigenvalue weighted by Gasteiger charge is 2.35. The predicted molar refractivity (Wildman–Crippen MR) is 55.3 cm³/mol. The molecule has 1 heterocycles. The van der Waals surface area contributed by atoms with E-state index >= 15 is 0 Å². The molecule has 1 saturated carbocycles. The quantitative estimate of drug-likeness (QED) is 0.695. The number of hydrogen-bond donors (Lipinski definition) is 2. The predicted octanol–water partition coefficient (Wildman–Crippen LogP) is 1.06. The molecule has 3 heteroatoms. The molecule has 0 radical (unpaired) electrons. The van der Waals surface area contributed by atoms with Crippen molar-refractivity contribution in [1.29, 1.82) is 0 Å². The molecule has 3 nitrogen and oxygen atoms in total. The van der Waals surface area contributed by atoms with Gasteiger partial charge in [0.05, 0.1) is 12.7 Å². The van der Waals surface area contributed by atoms with Crippen LogP contribution in [-0.4, -0.2) is 36.5 Å². The van der Waals surface area contributed by atoms with Crippen LogP contribution in [0.2, 0.25) is 0 Å². The molecular weight excluding hydrogens is 178 g/mol. The molecule has 1 atom stereocenters. The zero-order valence-electron chi connectivity index (χ0n) is 8.80. The molecule has 0 aromatic heterocycles. The van der Waals surface area contributed by atoms with Gasteiger partial charge in [0.1, 0.15) is 0 Å². The van der Waals surface area contributed by atoms with Gasteiger partial charge in [-0.25, -0.2) is 0 Å². The minimum absolute atomic E-state index is 0.0681. The first-order valence-corrected chi connectivity index (χ1v) is 5.82. The Bertz CT molecular complexity index is 169. The Balaban J connectivity index is 1.61. The molecule has 0 aromatic rings. The number of ether oxygens (including phenoxy) is 1. The number of nitrogens with one attached hydrogen (secondary N) is 1. The van der Waals surface area contributed by atoms with E-state index < -0.39 is 0 Å². The zero-order chi connectivity index (χ0) is 9.86. The van der Waals surface area contributed by atoms with Crippen LogP contribution in [0.1, 0.15) is 38.5 Å². The van der Waals surface area contributed by atoms with Crippen molar-refractivity contribution in [2.45, 2.75) is 50.2 Å². The second kappa shape index (κ2) is 4.60. The standard InChI is InChI=1S/C11H21NO2/c13-9-11(5-2-6-11)12-7-4-10-3-1-8-14-10/h10,12-13H,1-9H2. The normalized spacial score (nSPS) is 30.2. The van der Waals surface area contributed by atoms with E-state index in [1.807, 2.05) is 0 Å². The van der Waals surface area contributed by atoms with Crippen molar-refractivity contribution < 1.29 is 9.84 Å². The first-order valence-electron chi connectivity index (χ1n) is 5.82. The Hall–Kier alpha value is -0.120. The van der Waals surface area contributed by atoms with Crippen LogP contribution in [0.5, 0.6) is 0 Å². The zero-order valence-corrected chi connectivity index (χ0v) is 8.80. The first-order chi connectivity index (χ1) is 6.85. The Morgan fingerprint density at radius 3 is 2.71 bits per heavy atom. The van der Waals surface area contributed by atoms with Crippen molar-refractivity contribution in [3.05, 3.63) is 0 Å². The largest absolute Gasteiger partial charge is 0.394 e. The van der Waals surface area contributed by atoms with Crippen molar-refractivity contribution in [2.75, 3.05) is 19.8 Å². The van der Waals surface area contributed by atoms with Gasteiger partial charge in [0.25, 0.3) is 0 Å². The van der Waals surface area contributed by atoms with Crippen LogP contribution in [0.3, 0.4) is 0 Å². The third-order valence-electron chi connectivity index (χ3n) is 3.60. The fraction of sp³-hybridized carbons (Fsp3) is 1.00. The van der Waals surface area contributed by atoms with Crippen molar-refractivity contribution in [3.63, 3.8) is 0 Å². The molecule has 2 fully saturated rings. The number of aliphatic hydroxyl groups excluding tert-OH is 1. The third kappa shape index (κ3) is 2.27. The van der Waals surface area contributed by atoms with Crippen LogP contribution in [0.25, 0.3) is 0 Å². The Labute approximate surface area is 85.8 Å². The van der Waals surface area contributed by atoms with E-state index in [2.05, 4.69) is 5.32 Å². The Morgan fingerprint density at radius 2 is 2.21 bits per heavy atom. The lowest BCUT2D eigenvalue weighted by molar-refractivity contribution is 0.0727. The Kier molecular flexibility index (Phi) is 3.42. The van der Waals surface area contributed by atoms with Gasteiger partial charge < -0.3 is 15.2 Å². The van der Waals surface area contributed by atoms with Gasteiger partial charge in [0, 0.05) is 12.1 Å². The van der Waals surface area contributed by atoms with Crippen molar-refractivity contribution >= 4 is 0 Å². The van der Waals surface area contributed by atoms with Crippen LogP contribution in [-0.2, 0) is 4.74 Å². The maximum atomic E-state index is 9.23. The highest BCUT2D eigenvalue weighted by Crippen LogP contribution is 2.31. The van der Waals surface area contributed by atoms with E-state index in [-0.39, 0.29) is 5.54 Å². The molecule has 0 amide bonds. The average Bonchev–Trinajstić information content (AvgIpc) is 2.62. The van der Waals surface area contributed by atoms with Gasteiger partial charge in [-0.15, -0.1) is 0 Å². The van der Waals surface area contributed by atoms with Crippen LogP contribution < -0.4 is 5.32 Å². The molecule has 2 rings (SSSR count). The minimum Gasteiger partial charge on any atom is -0.394 e. The lowest BCUT2D eigenvalue weighted by Crippen LogP contribution is -2.54. The molecule has 1 saturated heterocycles. The Morgan fingerprint density at radius 1 is 1.36 bits per heavy atom. The summed E-state index contributed by atoms with van der Waals surface area (Å²) in [6, 6.07) is 0. The molecular formula is C11H21NO2. The summed E-state index contributed by atoms with van der Waals surface area (Å²) in [5, 5.41) is 12.7. The average molecular weight is 199 g/mol. The third-order valence-corrected chi connectivity index (χ3v) is 3.60. The molecule has 0 spiro atoms. The maximum absolute atomic E-state index is 9.23. The summed E-state index contributed by atoms with van der Waals surface area (Å²) in [7, 11) is 0. The highest BCUT2D eigenvalue weighted by molar-refractivity contribution is 4.95. The fourth-order valence-corrected chi connectivity index (χ4v) is 2.36. The summed E-state index contributed by atoms with van der Waals surface area (Å²) < 4.78 is 5.55. The molecule has 1 aliphatic carbocycles. The number of hydrogen-bond acceptors (Lipinski definition) is 3. The molecule has 1 aliphatic heterocycles. The first kappa shape index (κ1) is 10.4. The molecule has 0 aromatic carbocycles. The molecule has 82 valence electrons. The van der Waals surface area contributed by atoms with E-state index in [9.17, 15) is 5.11 Å². The summed E-state index contributed by atoms with van der Waals surface area (Å²) in [6.45, 7) is 2.22. The van der Waals surface area contributed by atoms with Crippen LogP contribution in [0.4, 0.5) is 0 Å². The molecule has 14 heavy (non-hydrogen) atoms. The van der Waals surface area contributed by atoms with Crippen molar-refractivity contribution in [1.82, 2.24) is 5.32 Å². The van der Waals surface area contributed by atoms with E-state index in [4.69, 9.17) is 4.74 Å². The lowest BCUT2D eigenvalue weighted by Gasteiger charge is -2.41. The van der Waals surface area contributed by atoms with Crippen LogP contribution in [0, 0.1) is 0 Å². The fourth-order valence-electron chi connectivity index (χ4n) is 2.36. The van der Waals surface area contributed by atoms with E-state index in [0.717, 1.165) is 32.4 Å². The summed E-state index contributed by atoms with van der Waals surface area (Å²) >= 11 is 0. The van der Waals surface area contributed by atoms with Gasteiger partial charge in [0.15, 0.2) is 0 Å². The van der Waals surface area contributed by atoms with E-state index in [1.165, 1.54) is 19.3 Å². The van der Waals surface area contributed by atoms with Gasteiger partial charge in [-0.3, -0.25) is 0 Å². The van der Waals surface area contributed by atoms with Gasteiger partial charge >= 0.3 is 0 Å².